The number of methoxy groups -OCH3 is 1. The van der Waals surface area contributed by atoms with E-state index in [1.54, 1.807) is 0 Å². The maximum Gasteiger partial charge on any atom is 0.270 e. The molecule has 0 saturated carbocycles. The van der Waals surface area contributed by atoms with Crippen molar-refractivity contribution in [3.63, 3.8) is 0 Å². The summed E-state index contributed by atoms with van der Waals surface area (Å²) >= 11 is 0. The predicted octanol–water partition coefficient (Wildman–Crippen LogP) is 2.71. The number of aromatic nitrogens is 1. The number of ether oxygens (including phenoxy) is 1. The van der Waals surface area contributed by atoms with Crippen molar-refractivity contribution in [2.45, 2.75) is 25.7 Å². The number of H-pyrrole nitrogens is 1. The highest BCUT2D eigenvalue weighted by atomic mass is 16.5. The van der Waals surface area contributed by atoms with Crippen LogP contribution in [0.25, 0.3) is 0 Å². The number of hydrogen-bond acceptors (Lipinski definition) is 3. The lowest BCUT2D eigenvalue weighted by molar-refractivity contribution is 0.0701. The zero-order chi connectivity index (χ0) is 17.1. The van der Waals surface area contributed by atoms with Crippen molar-refractivity contribution in [2.75, 3.05) is 20.2 Å². The third kappa shape index (κ3) is 3.35. The summed E-state index contributed by atoms with van der Waals surface area (Å²) in [5.41, 5.74) is 2.53. The fourth-order valence-electron chi connectivity index (χ4n) is 3.27. The Hall–Kier alpha value is -2.56. The number of nitrogens with one attached hydrogen (secondary N) is 1. The van der Waals surface area contributed by atoms with Crippen LogP contribution in [0.15, 0.2) is 41.3 Å². The van der Waals surface area contributed by atoms with Gasteiger partial charge in [0.1, 0.15) is 5.69 Å². The number of likely N-dealkylation sites (tertiary alicyclic amines) is 1. The first-order valence-corrected chi connectivity index (χ1v) is 8.21. The van der Waals surface area contributed by atoms with Gasteiger partial charge in [0.25, 0.3) is 5.91 Å². The summed E-state index contributed by atoms with van der Waals surface area (Å²) in [6.45, 7) is 3.48. The number of piperidine rings is 1. The minimum absolute atomic E-state index is 0.132. The van der Waals surface area contributed by atoms with E-state index < -0.39 is 0 Å². The lowest BCUT2D eigenvalue weighted by Gasteiger charge is -2.33. The standard InChI is InChI=1S/C19H22N2O3/c1-13-5-3-6-14(9-13)15-7-4-8-21(12-15)19(23)16-10-17(22)18(24-2)11-20-16/h3,5-6,9-11,15H,4,7-8,12H2,1-2H3,(H,20,22). The van der Waals surface area contributed by atoms with Crippen LogP contribution in [-0.2, 0) is 0 Å². The molecule has 1 atom stereocenters. The molecule has 1 aromatic carbocycles. The Bertz CT molecular complexity index is 797. The van der Waals surface area contributed by atoms with Gasteiger partial charge in [0.2, 0.25) is 5.43 Å². The van der Waals surface area contributed by atoms with E-state index in [1.807, 2.05) is 4.90 Å². The average Bonchev–Trinajstić information content (AvgIpc) is 2.61. The van der Waals surface area contributed by atoms with Gasteiger partial charge in [0.15, 0.2) is 5.75 Å². The van der Waals surface area contributed by atoms with Gasteiger partial charge in [-0.2, -0.15) is 0 Å². The first-order valence-electron chi connectivity index (χ1n) is 8.21. The number of pyridine rings is 1. The van der Waals surface area contributed by atoms with Crippen molar-refractivity contribution in [2.24, 2.45) is 0 Å². The first kappa shape index (κ1) is 16.3. The van der Waals surface area contributed by atoms with Crippen LogP contribution in [-0.4, -0.2) is 36.0 Å². The molecule has 0 bridgehead atoms. The molecule has 0 spiro atoms. The summed E-state index contributed by atoms with van der Waals surface area (Å²) in [5, 5.41) is 0. The number of aryl methyl sites for hydroxylation is 1. The van der Waals surface area contributed by atoms with Gasteiger partial charge < -0.3 is 14.6 Å². The van der Waals surface area contributed by atoms with Crippen LogP contribution in [0.1, 0.15) is 40.4 Å². The Kier molecular flexibility index (Phi) is 4.69. The van der Waals surface area contributed by atoms with Gasteiger partial charge in [-0.05, 0) is 25.3 Å². The summed E-state index contributed by atoms with van der Waals surface area (Å²) < 4.78 is 4.94. The molecule has 0 radical (unpaired) electrons. The summed E-state index contributed by atoms with van der Waals surface area (Å²) in [6.07, 6.45) is 3.48. The molecule has 1 unspecified atom stereocenters. The molecule has 5 nitrogen and oxygen atoms in total. The molecule has 2 aromatic rings. The Morgan fingerprint density at radius 3 is 2.88 bits per heavy atom. The molecule has 1 aliphatic rings. The second kappa shape index (κ2) is 6.91. The number of hydrogen-bond donors (Lipinski definition) is 1. The fourth-order valence-corrected chi connectivity index (χ4v) is 3.27. The predicted molar refractivity (Wildman–Crippen MR) is 92.7 cm³/mol. The van der Waals surface area contributed by atoms with Crippen LogP contribution < -0.4 is 10.2 Å². The molecule has 5 heteroatoms. The van der Waals surface area contributed by atoms with Crippen LogP contribution in [0.5, 0.6) is 5.75 Å². The molecule has 1 aromatic heterocycles. The Balaban J connectivity index is 1.78. The van der Waals surface area contributed by atoms with Crippen molar-refractivity contribution >= 4 is 5.91 Å². The van der Waals surface area contributed by atoms with Gasteiger partial charge >= 0.3 is 0 Å². The average molecular weight is 326 g/mol. The van der Waals surface area contributed by atoms with E-state index in [-0.39, 0.29) is 17.1 Å². The van der Waals surface area contributed by atoms with Gasteiger partial charge in [0.05, 0.1) is 7.11 Å². The maximum absolute atomic E-state index is 12.7. The highest BCUT2D eigenvalue weighted by molar-refractivity contribution is 5.92. The highest BCUT2D eigenvalue weighted by Gasteiger charge is 2.26. The van der Waals surface area contributed by atoms with E-state index in [0.717, 1.165) is 19.4 Å². The number of nitrogens with zero attached hydrogens (tertiary/aromatic N) is 1. The highest BCUT2D eigenvalue weighted by Crippen LogP contribution is 2.28. The lowest BCUT2D eigenvalue weighted by atomic mass is 9.89. The number of rotatable bonds is 3. The van der Waals surface area contributed by atoms with Crippen LogP contribution in [0.3, 0.4) is 0 Å². The van der Waals surface area contributed by atoms with Crippen LogP contribution in [0.4, 0.5) is 0 Å². The number of benzene rings is 1. The van der Waals surface area contributed by atoms with E-state index in [0.29, 0.717) is 18.2 Å². The van der Waals surface area contributed by atoms with Crippen molar-refractivity contribution in [1.29, 1.82) is 0 Å². The third-order valence-electron chi connectivity index (χ3n) is 4.55. The largest absolute Gasteiger partial charge is 0.491 e. The zero-order valence-electron chi connectivity index (χ0n) is 14.0. The molecule has 1 amide bonds. The van der Waals surface area contributed by atoms with Gasteiger partial charge in [-0.1, -0.05) is 29.8 Å². The minimum atomic E-state index is -0.285. The molecule has 3 rings (SSSR count). The number of carbonyl (C=O) groups excluding carboxylic acids is 1. The first-order chi connectivity index (χ1) is 11.6. The van der Waals surface area contributed by atoms with Gasteiger partial charge in [-0.15, -0.1) is 0 Å². The topological polar surface area (TPSA) is 62.4 Å². The van der Waals surface area contributed by atoms with E-state index in [2.05, 4.69) is 36.2 Å². The summed E-state index contributed by atoms with van der Waals surface area (Å²) in [5.74, 6) is 0.419. The lowest BCUT2D eigenvalue weighted by Crippen LogP contribution is -2.39. The Morgan fingerprint density at radius 1 is 1.33 bits per heavy atom. The molecule has 1 saturated heterocycles. The summed E-state index contributed by atoms with van der Waals surface area (Å²) in [4.78, 5) is 29.3. The van der Waals surface area contributed by atoms with E-state index in [1.165, 1.54) is 30.5 Å². The molecular weight excluding hydrogens is 304 g/mol. The second-order valence-corrected chi connectivity index (χ2v) is 6.28. The third-order valence-corrected chi connectivity index (χ3v) is 4.55. The number of carbonyl (C=O) groups is 1. The quantitative estimate of drug-likeness (QED) is 0.943. The molecule has 1 N–H and O–H groups in total. The van der Waals surface area contributed by atoms with Crippen molar-refractivity contribution in [1.82, 2.24) is 9.88 Å². The summed E-state index contributed by atoms with van der Waals surface area (Å²) in [6, 6.07) is 9.77. The van der Waals surface area contributed by atoms with Crippen molar-refractivity contribution < 1.29 is 9.53 Å². The smallest absolute Gasteiger partial charge is 0.270 e. The fraction of sp³-hybridized carbons (Fsp3) is 0.368. The number of amides is 1. The van der Waals surface area contributed by atoms with Gasteiger partial charge in [-0.25, -0.2) is 0 Å². The van der Waals surface area contributed by atoms with Crippen LogP contribution in [0, 0.1) is 6.92 Å². The van der Waals surface area contributed by atoms with E-state index >= 15 is 0 Å². The summed E-state index contributed by atoms with van der Waals surface area (Å²) in [7, 11) is 1.43. The minimum Gasteiger partial charge on any atom is -0.491 e. The Morgan fingerprint density at radius 2 is 2.17 bits per heavy atom. The van der Waals surface area contributed by atoms with E-state index in [9.17, 15) is 9.59 Å². The normalized spacial score (nSPS) is 17.6. The second-order valence-electron chi connectivity index (χ2n) is 6.28. The monoisotopic (exact) mass is 326 g/mol. The molecule has 1 fully saturated rings. The molecule has 126 valence electrons. The Labute approximate surface area is 141 Å². The van der Waals surface area contributed by atoms with Crippen LogP contribution in [0.2, 0.25) is 0 Å². The van der Waals surface area contributed by atoms with Crippen molar-refractivity contribution in [3.05, 3.63) is 63.6 Å². The molecule has 0 aliphatic carbocycles. The number of aromatic amines is 1. The maximum atomic E-state index is 12.7. The van der Waals surface area contributed by atoms with E-state index in [4.69, 9.17) is 4.74 Å². The molecule has 24 heavy (non-hydrogen) atoms. The van der Waals surface area contributed by atoms with Gasteiger partial charge in [0, 0.05) is 31.3 Å². The van der Waals surface area contributed by atoms with Crippen LogP contribution >= 0.6 is 0 Å². The van der Waals surface area contributed by atoms with Gasteiger partial charge in [-0.3, -0.25) is 9.59 Å². The van der Waals surface area contributed by atoms with Crippen molar-refractivity contribution in [3.8, 4) is 5.75 Å². The molecule has 1 aliphatic heterocycles. The zero-order valence-corrected chi connectivity index (χ0v) is 14.0. The SMILES string of the molecule is COc1c[nH]c(C(=O)N2CCCC(c3cccc(C)c3)C2)cc1=O. The molecule has 2 heterocycles. The molecular formula is C19H22N2O3.